The van der Waals surface area contributed by atoms with Crippen molar-refractivity contribution in [3.63, 3.8) is 0 Å². The van der Waals surface area contributed by atoms with Gasteiger partial charge in [0, 0.05) is 12.4 Å². The molecule has 22 heavy (non-hydrogen) atoms. The molecule has 0 aliphatic heterocycles. The Bertz CT molecular complexity index is 234. The maximum absolute atomic E-state index is 5.46. The topological polar surface area (TPSA) is 38.9 Å². The lowest BCUT2D eigenvalue weighted by Crippen LogP contribution is -1.97. The number of nitrogens with zero attached hydrogens (tertiary/aromatic N) is 1. The molecule has 0 spiro atoms. The van der Waals surface area contributed by atoms with Gasteiger partial charge in [-0.25, -0.2) is 0 Å². The minimum absolute atomic E-state index is 0.873. The SMILES string of the molecule is CCCCCCCCCCCCCCCN.c1ccncc1. The highest BCUT2D eigenvalue weighted by Crippen LogP contribution is 2.12. The molecule has 0 atom stereocenters. The van der Waals surface area contributed by atoms with Crippen LogP contribution in [0.2, 0.25) is 0 Å². The highest BCUT2D eigenvalue weighted by molar-refractivity contribution is 4.88. The zero-order valence-electron chi connectivity index (χ0n) is 14.8. The van der Waals surface area contributed by atoms with Gasteiger partial charge in [0.05, 0.1) is 0 Å². The Kier molecular flexibility index (Phi) is 19.3. The normalized spacial score (nSPS) is 10.1. The van der Waals surface area contributed by atoms with Crippen LogP contribution in [-0.2, 0) is 0 Å². The molecule has 2 heteroatoms. The van der Waals surface area contributed by atoms with Crippen LogP contribution in [0.1, 0.15) is 90.4 Å². The van der Waals surface area contributed by atoms with E-state index in [4.69, 9.17) is 5.73 Å². The lowest BCUT2D eigenvalue weighted by Gasteiger charge is -2.02. The van der Waals surface area contributed by atoms with Gasteiger partial charge in [-0.2, -0.15) is 0 Å². The summed E-state index contributed by atoms with van der Waals surface area (Å²) in [5, 5.41) is 0. The summed E-state index contributed by atoms with van der Waals surface area (Å²) in [5.74, 6) is 0. The molecule has 1 rings (SSSR count). The van der Waals surface area contributed by atoms with Crippen molar-refractivity contribution in [1.82, 2.24) is 4.98 Å². The molecular formula is C20H38N2. The molecule has 128 valence electrons. The number of pyridine rings is 1. The van der Waals surface area contributed by atoms with Gasteiger partial charge in [0.2, 0.25) is 0 Å². The summed E-state index contributed by atoms with van der Waals surface area (Å²) in [5.41, 5.74) is 5.46. The third-order valence-corrected chi connectivity index (χ3v) is 3.87. The molecule has 0 bridgehead atoms. The molecule has 0 aromatic carbocycles. The molecule has 2 N–H and O–H groups in total. The Morgan fingerprint density at radius 2 is 1.00 bits per heavy atom. The van der Waals surface area contributed by atoms with Crippen molar-refractivity contribution in [3.8, 4) is 0 Å². The molecule has 0 aliphatic rings. The van der Waals surface area contributed by atoms with Crippen LogP contribution in [0, 0.1) is 0 Å². The van der Waals surface area contributed by atoms with Gasteiger partial charge in [-0.15, -0.1) is 0 Å². The highest BCUT2D eigenvalue weighted by atomic mass is 14.6. The van der Waals surface area contributed by atoms with Crippen LogP contribution >= 0.6 is 0 Å². The first kappa shape index (κ1) is 21.1. The van der Waals surface area contributed by atoms with Crippen LogP contribution in [0.4, 0.5) is 0 Å². The largest absolute Gasteiger partial charge is 0.330 e. The Hall–Kier alpha value is -0.890. The molecule has 1 aromatic rings. The maximum atomic E-state index is 5.46. The second-order valence-corrected chi connectivity index (χ2v) is 6.06. The first-order valence-electron chi connectivity index (χ1n) is 9.47. The number of aromatic nitrogens is 1. The zero-order chi connectivity index (χ0) is 16.1. The van der Waals surface area contributed by atoms with Gasteiger partial charge < -0.3 is 5.73 Å². The van der Waals surface area contributed by atoms with E-state index in [1.807, 2.05) is 18.2 Å². The van der Waals surface area contributed by atoms with E-state index in [0.717, 1.165) is 6.54 Å². The van der Waals surface area contributed by atoms with Crippen LogP contribution in [0.25, 0.3) is 0 Å². The molecule has 0 saturated carbocycles. The number of hydrogen-bond donors (Lipinski definition) is 1. The molecule has 0 aliphatic carbocycles. The molecule has 0 saturated heterocycles. The van der Waals surface area contributed by atoms with Gasteiger partial charge in [0.25, 0.3) is 0 Å². The first-order chi connectivity index (χ1) is 10.9. The van der Waals surface area contributed by atoms with Crippen molar-refractivity contribution in [2.24, 2.45) is 5.73 Å². The molecule has 0 radical (unpaired) electrons. The van der Waals surface area contributed by atoms with E-state index in [9.17, 15) is 0 Å². The van der Waals surface area contributed by atoms with Crippen LogP contribution < -0.4 is 5.73 Å². The highest BCUT2D eigenvalue weighted by Gasteiger charge is 1.92. The molecule has 0 amide bonds. The van der Waals surface area contributed by atoms with E-state index < -0.39 is 0 Å². The van der Waals surface area contributed by atoms with Crippen molar-refractivity contribution in [3.05, 3.63) is 30.6 Å². The van der Waals surface area contributed by atoms with Gasteiger partial charge in [-0.3, -0.25) is 4.98 Å². The van der Waals surface area contributed by atoms with Crippen molar-refractivity contribution in [1.29, 1.82) is 0 Å². The Morgan fingerprint density at radius 1 is 0.591 bits per heavy atom. The number of nitrogens with two attached hydrogens (primary N) is 1. The fourth-order valence-corrected chi connectivity index (χ4v) is 2.47. The Balaban J connectivity index is 0.000000604. The second-order valence-electron chi connectivity index (χ2n) is 6.06. The van der Waals surface area contributed by atoms with Crippen molar-refractivity contribution in [2.75, 3.05) is 6.54 Å². The summed E-state index contributed by atoms with van der Waals surface area (Å²) in [6.07, 6.45) is 21.9. The second kappa shape index (κ2) is 20.1. The van der Waals surface area contributed by atoms with E-state index >= 15 is 0 Å². The molecule has 2 nitrogen and oxygen atoms in total. The summed E-state index contributed by atoms with van der Waals surface area (Å²) in [6, 6.07) is 5.72. The fraction of sp³-hybridized carbons (Fsp3) is 0.750. The first-order valence-corrected chi connectivity index (χ1v) is 9.47. The number of unbranched alkanes of at least 4 members (excludes halogenated alkanes) is 12. The Morgan fingerprint density at radius 3 is 1.27 bits per heavy atom. The predicted molar refractivity (Wildman–Crippen MR) is 99.0 cm³/mol. The van der Waals surface area contributed by atoms with Gasteiger partial charge in [0.1, 0.15) is 0 Å². The van der Waals surface area contributed by atoms with Crippen molar-refractivity contribution < 1.29 is 0 Å². The predicted octanol–water partition coefficient (Wildman–Crippen LogP) is 6.12. The monoisotopic (exact) mass is 306 g/mol. The standard InChI is InChI=1S/C15H33N.C5H5N/c1-2-3-4-5-6-7-8-9-10-11-12-13-14-15-16;1-2-4-6-5-3-1/h2-16H2,1H3;1-5H. The van der Waals surface area contributed by atoms with E-state index in [1.165, 1.54) is 83.5 Å². The molecule has 0 fully saturated rings. The summed E-state index contributed by atoms with van der Waals surface area (Å²) in [6.45, 7) is 3.16. The summed E-state index contributed by atoms with van der Waals surface area (Å²) in [7, 11) is 0. The van der Waals surface area contributed by atoms with Crippen molar-refractivity contribution >= 4 is 0 Å². The van der Waals surface area contributed by atoms with E-state index in [1.54, 1.807) is 12.4 Å². The Labute approximate surface area is 138 Å². The summed E-state index contributed by atoms with van der Waals surface area (Å²) < 4.78 is 0. The minimum atomic E-state index is 0.873. The quantitative estimate of drug-likeness (QED) is 0.446. The van der Waals surface area contributed by atoms with Crippen molar-refractivity contribution in [2.45, 2.75) is 90.4 Å². The molecule has 0 unspecified atom stereocenters. The van der Waals surface area contributed by atoms with Crippen LogP contribution in [-0.4, -0.2) is 11.5 Å². The molecular weight excluding hydrogens is 268 g/mol. The molecule has 1 aromatic heterocycles. The minimum Gasteiger partial charge on any atom is -0.330 e. The molecule has 1 heterocycles. The maximum Gasteiger partial charge on any atom is 0.0267 e. The number of hydrogen-bond acceptors (Lipinski definition) is 2. The average molecular weight is 307 g/mol. The van der Waals surface area contributed by atoms with Gasteiger partial charge in [-0.05, 0) is 25.1 Å². The van der Waals surface area contributed by atoms with Crippen LogP contribution in [0.5, 0.6) is 0 Å². The lowest BCUT2D eigenvalue weighted by molar-refractivity contribution is 0.540. The van der Waals surface area contributed by atoms with E-state index in [2.05, 4.69) is 11.9 Å². The van der Waals surface area contributed by atoms with Gasteiger partial charge in [0.15, 0.2) is 0 Å². The van der Waals surface area contributed by atoms with Gasteiger partial charge in [-0.1, -0.05) is 90.0 Å². The lowest BCUT2D eigenvalue weighted by atomic mass is 10.0. The fourth-order valence-electron chi connectivity index (χ4n) is 2.47. The smallest absolute Gasteiger partial charge is 0.0267 e. The van der Waals surface area contributed by atoms with Gasteiger partial charge >= 0.3 is 0 Å². The van der Waals surface area contributed by atoms with E-state index in [-0.39, 0.29) is 0 Å². The van der Waals surface area contributed by atoms with Crippen LogP contribution in [0.15, 0.2) is 30.6 Å². The summed E-state index contributed by atoms with van der Waals surface area (Å²) >= 11 is 0. The van der Waals surface area contributed by atoms with E-state index in [0.29, 0.717) is 0 Å². The van der Waals surface area contributed by atoms with Crippen LogP contribution in [0.3, 0.4) is 0 Å². The third-order valence-electron chi connectivity index (χ3n) is 3.87. The average Bonchev–Trinajstić information content (AvgIpc) is 2.58. The summed E-state index contributed by atoms with van der Waals surface area (Å²) in [4.78, 5) is 3.78. The number of rotatable bonds is 13. The third kappa shape index (κ3) is 19.1. The zero-order valence-corrected chi connectivity index (χ0v) is 14.8.